The molecule has 1 aromatic heterocycles. The first-order valence-corrected chi connectivity index (χ1v) is 6.40. The highest BCUT2D eigenvalue weighted by molar-refractivity contribution is 9.10. The van der Waals surface area contributed by atoms with Crippen LogP contribution >= 0.6 is 27.7 Å². The number of nitrogens with one attached hydrogen (secondary N) is 1. The van der Waals surface area contributed by atoms with E-state index in [4.69, 9.17) is 11.1 Å². The highest BCUT2D eigenvalue weighted by atomic mass is 79.9. The summed E-state index contributed by atoms with van der Waals surface area (Å²) in [6, 6.07) is 3.94. The largest absolute Gasteiger partial charge is 0.388 e. The number of thioether (sulfide) groups is 1. The molecule has 0 saturated heterocycles. The zero-order valence-electron chi connectivity index (χ0n) is 8.53. The van der Waals surface area contributed by atoms with Crippen molar-refractivity contribution in [3.63, 3.8) is 0 Å². The maximum atomic E-state index is 7.26. The van der Waals surface area contributed by atoms with E-state index in [0.29, 0.717) is 11.7 Å². The van der Waals surface area contributed by atoms with Crippen molar-refractivity contribution >= 4 is 33.5 Å². The number of halogens is 1. The number of pyridine rings is 1. The molecule has 3 N–H and O–H groups in total. The van der Waals surface area contributed by atoms with Crippen LogP contribution in [0.3, 0.4) is 0 Å². The molecule has 0 aliphatic carbocycles. The highest BCUT2D eigenvalue weighted by Gasteiger charge is 2.10. The minimum Gasteiger partial charge on any atom is -0.388 e. The molecule has 3 nitrogen and oxygen atoms in total. The average Bonchev–Trinajstić information content (AvgIpc) is 2.19. The number of nitrogens with two attached hydrogens (primary N) is 1. The number of hydrogen-bond donors (Lipinski definition) is 2. The summed E-state index contributed by atoms with van der Waals surface area (Å²) in [4.78, 5) is 4.28. The zero-order valence-corrected chi connectivity index (χ0v) is 10.9. The van der Waals surface area contributed by atoms with Gasteiger partial charge in [0.05, 0.1) is 10.9 Å². The molecule has 5 heteroatoms. The Hall–Kier alpha value is -0.550. The molecule has 1 rings (SSSR count). The first-order valence-electron chi connectivity index (χ1n) is 4.73. The number of hydrogen-bond acceptors (Lipinski definition) is 3. The van der Waals surface area contributed by atoms with Gasteiger partial charge in [0.2, 0.25) is 0 Å². The third-order valence-corrected chi connectivity index (χ3v) is 3.68. The van der Waals surface area contributed by atoms with Crippen molar-refractivity contribution in [3.05, 3.63) is 22.8 Å². The predicted molar refractivity (Wildman–Crippen MR) is 68.4 cm³/mol. The van der Waals surface area contributed by atoms with Crippen molar-refractivity contribution in [3.8, 4) is 0 Å². The lowest BCUT2D eigenvalue weighted by Gasteiger charge is -2.12. The van der Waals surface area contributed by atoms with Crippen LogP contribution in [0, 0.1) is 5.41 Å². The van der Waals surface area contributed by atoms with Gasteiger partial charge in [0.1, 0.15) is 0 Å². The van der Waals surface area contributed by atoms with Gasteiger partial charge in [-0.15, -0.1) is 11.8 Å². The van der Waals surface area contributed by atoms with Crippen molar-refractivity contribution in [2.24, 2.45) is 5.73 Å². The van der Waals surface area contributed by atoms with Crippen LogP contribution in [0.5, 0.6) is 0 Å². The van der Waals surface area contributed by atoms with Gasteiger partial charge in [-0.3, -0.25) is 5.41 Å². The Morgan fingerprint density at radius 1 is 1.67 bits per heavy atom. The Morgan fingerprint density at radius 3 is 2.87 bits per heavy atom. The van der Waals surface area contributed by atoms with Gasteiger partial charge >= 0.3 is 0 Å². The summed E-state index contributed by atoms with van der Waals surface area (Å²) < 4.78 is 0.978. The van der Waals surface area contributed by atoms with E-state index in [-0.39, 0.29) is 5.84 Å². The van der Waals surface area contributed by atoms with Crippen LogP contribution in [0.15, 0.2) is 27.8 Å². The van der Waals surface area contributed by atoms with Crippen LogP contribution < -0.4 is 5.73 Å². The van der Waals surface area contributed by atoms with Crippen LogP contribution in [0.4, 0.5) is 0 Å². The molecular weight excluding hydrogens is 274 g/mol. The third kappa shape index (κ3) is 4.66. The van der Waals surface area contributed by atoms with E-state index in [9.17, 15) is 0 Å². The fourth-order valence-electron chi connectivity index (χ4n) is 1.12. The molecule has 15 heavy (non-hydrogen) atoms. The van der Waals surface area contributed by atoms with Crippen LogP contribution in [-0.4, -0.2) is 16.1 Å². The lowest BCUT2D eigenvalue weighted by Crippen LogP contribution is -2.16. The summed E-state index contributed by atoms with van der Waals surface area (Å²) >= 11 is 5.02. The fourth-order valence-corrected chi connectivity index (χ4v) is 2.38. The lowest BCUT2D eigenvalue weighted by atomic mass is 10.2. The standard InChI is InChI=1S/C10H14BrN3S/c1-2-8(5-9(12)13)15-10-4-3-7(11)6-14-10/h3-4,6,8H,2,5H2,1H3,(H3,12,13). The molecule has 82 valence electrons. The van der Waals surface area contributed by atoms with Gasteiger partial charge < -0.3 is 5.73 Å². The molecule has 0 aromatic carbocycles. The van der Waals surface area contributed by atoms with Crippen molar-refractivity contribution in [2.45, 2.75) is 30.0 Å². The Kier molecular flexibility index (Phi) is 5.11. The van der Waals surface area contributed by atoms with Crippen LogP contribution in [-0.2, 0) is 0 Å². The summed E-state index contributed by atoms with van der Waals surface area (Å²) in [5.74, 6) is 0.242. The topological polar surface area (TPSA) is 62.8 Å². The minimum atomic E-state index is 0.242. The maximum Gasteiger partial charge on any atom is 0.0963 e. The van der Waals surface area contributed by atoms with Crippen molar-refractivity contribution in [1.82, 2.24) is 4.98 Å². The fraction of sp³-hybridized carbons (Fsp3) is 0.400. The van der Waals surface area contributed by atoms with Crippen LogP contribution in [0.25, 0.3) is 0 Å². The predicted octanol–water partition coefficient (Wildman–Crippen LogP) is 3.04. The zero-order chi connectivity index (χ0) is 11.3. The van der Waals surface area contributed by atoms with Crippen molar-refractivity contribution in [2.75, 3.05) is 0 Å². The van der Waals surface area contributed by atoms with E-state index in [1.54, 1.807) is 18.0 Å². The lowest BCUT2D eigenvalue weighted by molar-refractivity contribution is 0.845. The van der Waals surface area contributed by atoms with Crippen LogP contribution in [0.2, 0.25) is 0 Å². The number of rotatable bonds is 5. The van der Waals surface area contributed by atoms with Crippen molar-refractivity contribution < 1.29 is 0 Å². The second-order valence-electron chi connectivity index (χ2n) is 3.19. The molecule has 0 aliphatic heterocycles. The Balaban J connectivity index is 2.58. The molecule has 0 radical (unpaired) electrons. The highest BCUT2D eigenvalue weighted by Crippen LogP contribution is 2.26. The second-order valence-corrected chi connectivity index (χ2v) is 5.43. The Morgan fingerprint density at radius 2 is 2.40 bits per heavy atom. The summed E-state index contributed by atoms with van der Waals surface area (Å²) in [7, 11) is 0. The van der Waals surface area contributed by atoms with Gasteiger partial charge in [0.15, 0.2) is 0 Å². The molecule has 0 spiro atoms. The van der Waals surface area contributed by atoms with Crippen molar-refractivity contribution in [1.29, 1.82) is 5.41 Å². The summed E-state index contributed by atoms with van der Waals surface area (Å²) in [5, 5.41) is 8.59. The van der Waals surface area contributed by atoms with Gasteiger partial charge in [-0.1, -0.05) is 6.92 Å². The molecule has 0 fully saturated rings. The molecular formula is C10H14BrN3S. The minimum absolute atomic E-state index is 0.242. The van der Waals surface area contributed by atoms with E-state index < -0.39 is 0 Å². The van der Waals surface area contributed by atoms with E-state index in [1.807, 2.05) is 12.1 Å². The molecule has 0 saturated carbocycles. The number of aromatic nitrogens is 1. The van der Waals surface area contributed by atoms with Crippen LogP contribution in [0.1, 0.15) is 19.8 Å². The maximum absolute atomic E-state index is 7.26. The van der Waals surface area contributed by atoms with Gasteiger partial charge in [0, 0.05) is 22.3 Å². The quantitative estimate of drug-likeness (QED) is 0.497. The Labute approximate surface area is 102 Å². The summed E-state index contributed by atoms with van der Waals surface area (Å²) in [6.45, 7) is 2.10. The Bertz CT molecular complexity index is 326. The summed E-state index contributed by atoms with van der Waals surface area (Å²) in [6.07, 6.45) is 3.39. The number of nitrogens with zero attached hydrogens (tertiary/aromatic N) is 1. The van der Waals surface area contributed by atoms with Gasteiger partial charge in [-0.25, -0.2) is 4.98 Å². The van der Waals surface area contributed by atoms with Gasteiger partial charge in [-0.05, 0) is 34.5 Å². The molecule has 0 bridgehead atoms. The van der Waals surface area contributed by atoms with E-state index in [1.165, 1.54) is 0 Å². The molecule has 1 aromatic rings. The van der Waals surface area contributed by atoms with Gasteiger partial charge in [-0.2, -0.15) is 0 Å². The smallest absolute Gasteiger partial charge is 0.0963 e. The van der Waals surface area contributed by atoms with E-state index in [0.717, 1.165) is 15.9 Å². The molecule has 1 unspecified atom stereocenters. The SMILES string of the molecule is CCC(CC(=N)N)Sc1ccc(Br)cn1. The number of amidine groups is 1. The second kappa shape index (κ2) is 6.12. The van der Waals surface area contributed by atoms with E-state index in [2.05, 4.69) is 27.8 Å². The first-order chi connectivity index (χ1) is 7.11. The molecule has 1 heterocycles. The molecule has 0 amide bonds. The molecule has 1 atom stereocenters. The summed E-state index contributed by atoms with van der Waals surface area (Å²) in [5.41, 5.74) is 5.39. The first kappa shape index (κ1) is 12.5. The normalized spacial score (nSPS) is 12.4. The van der Waals surface area contributed by atoms with E-state index >= 15 is 0 Å². The molecule has 0 aliphatic rings. The average molecular weight is 288 g/mol. The van der Waals surface area contributed by atoms with Gasteiger partial charge in [0.25, 0.3) is 0 Å². The third-order valence-electron chi connectivity index (χ3n) is 1.89. The monoisotopic (exact) mass is 287 g/mol.